The molecule has 0 aliphatic heterocycles. The molecule has 2 heteroatoms. The smallest absolute Gasteiger partial charge is 0.0859 e. The Balaban J connectivity index is 2.94. The van der Waals surface area contributed by atoms with Crippen LogP contribution < -0.4 is 10.9 Å². The molecule has 0 bridgehead atoms. The van der Waals surface area contributed by atoms with Crippen molar-refractivity contribution in [1.82, 2.24) is 0 Å². The zero-order valence-electron chi connectivity index (χ0n) is 10.9. The molecule has 16 heavy (non-hydrogen) atoms. The van der Waals surface area contributed by atoms with Crippen molar-refractivity contribution < 1.29 is 0 Å². The van der Waals surface area contributed by atoms with E-state index < -0.39 is 8.07 Å². The van der Waals surface area contributed by atoms with Crippen LogP contribution in [-0.2, 0) is 6.42 Å². The van der Waals surface area contributed by atoms with Gasteiger partial charge < -0.3 is 5.73 Å². The maximum Gasteiger partial charge on any atom is 0.0859 e. The Hall–Kier alpha value is -0.603. The van der Waals surface area contributed by atoms with E-state index in [0.717, 1.165) is 13.0 Å². The lowest BCUT2D eigenvalue weighted by molar-refractivity contribution is 0.969. The molecule has 0 aromatic heterocycles. The van der Waals surface area contributed by atoms with Gasteiger partial charge in [0.25, 0.3) is 0 Å². The summed E-state index contributed by atoms with van der Waals surface area (Å²) in [6, 6.07) is 13.3. The molecule has 0 aliphatic carbocycles. The second-order valence-corrected chi connectivity index (χ2v) is 9.84. The van der Waals surface area contributed by atoms with Gasteiger partial charge in [-0.15, -0.1) is 0 Å². The Morgan fingerprint density at radius 3 is 1.81 bits per heavy atom. The summed E-state index contributed by atoms with van der Waals surface area (Å²) in [7, 11) is -1.17. The lowest BCUT2D eigenvalue weighted by atomic mass is 10.2. The quantitative estimate of drug-likeness (QED) is 0.754. The van der Waals surface area contributed by atoms with Crippen LogP contribution in [0.3, 0.4) is 0 Å². The largest absolute Gasteiger partial charge is 0.330 e. The number of hydrogen-bond acceptors (Lipinski definition) is 1. The predicted molar refractivity (Wildman–Crippen MR) is 76.0 cm³/mol. The lowest BCUT2D eigenvalue weighted by Gasteiger charge is -2.28. The van der Waals surface area contributed by atoms with Crippen LogP contribution in [0.4, 0.5) is 0 Å². The second kappa shape index (κ2) is 6.21. The monoisotopic (exact) mass is 235 g/mol. The fourth-order valence-electron chi connectivity index (χ4n) is 2.55. The molecule has 90 valence electrons. The van der Waals surface area contributed by atoms with Crippen LogP contribution in [0.1, 0.15) is 26.3 Å². The van der Waals surface area contributed by atoms with Gasteiger partial charge in [0.05, 0.1) is 8.07 Å². The first-order valence-corrected chi connectivity index (χ1v) is 9.14. The van der Waals surface area contributed by atoms with Crippen LogP contribution in [0, 0.1) is 0 Å². The van der Waals surface area contributed by atoms with Gasteiger partial charge in [-0.05, 0) is 18.5 Å². The average Bonchev–Trinajstić information content (AvgIpc) is 2.34. The van der Waals surface area contributed by atoms with E-state index in [4.69, 9.17) is 5.73 Å². The van der Waals surface area contributed by atoms with Gasteiger partial charge in [-0.2, -0.15) is 0 Å². The molecule has 0 saturated heterocycles. The topological polar surface area (TPSA) is 26.0 Å². The van der Waals surface area contributed by atoms with E-state index in [1.807, 2.05) is 0 Å². The summed E-state index contributed by atoms with van der Waals surface area (Å²) in [5.74, 6) is 0. The fraction of sp³-hybridized carbons (Fsp3) is 0.571. The molecule has 1 aromatic carbocycles. The Labute approximate surface area is 101 Å². The predicted octanol–water partition coefficient (Wildman–Crippen LogP) is 2.90. The SMILES string of the molecule is CC[Si](CC)(CC)c1ccc(CCN)cc1. The molecular formula is C14H25NSi. The highest BCUT2D eigenvalue weighted by Crippen LogP contribution is 2.20. The van der Waals surface area contributed by atoms with Crippen molar-refractivity contribution in [3.8, 4) is 0 Å². The number of benzene rings is 1. The Morgan fingerprint density at radius 1 is 0.938 bits per heavy atom. The molecule has 0 saturated carbocycles. The summed E-state index contributed by atoms with van der Waals surface area (Å²) in [4.78, 5) is 0. The van der Waals surface area contributed by atoms with Crippen molar-refractivity contribution in [2.75, 3.05) is 6.54 Å². The van der Waals surface area contributed by atoms with Crippen LogP contribution in [-0.4, -0.2) is 14.6 Å². The fourth-order valence-corrected chi connectivity index (χ4v) is 6.15. The molecule has 0 fully saturated rings. The molecule has 1 aromatic rings. The third-order valence-corrected chi connectivity index (χ3v) is 9.65. The summed E-state index contributed by atoms with van der Waals surface area (Å²) >= 11 is 0. The van der Waals surface area contributed by atoms with E-state index >= 15 is 0 Å². The van der Waals surface area contributed by atoms with Crippen LogP contribution in [0.5, 0.6) is 0 Å². The molecule has 0 heterocycles. The van der Waals surface area contributed by atoms with Gasteiger partial charge in [-0.3, -0.25) is 0 Å². The van der Waals surface area contributed by atoms with Crippen molar-refractivity contribution in [3.05, 3.63) is 29.8 Å². The number of nitrogens with two attached hydrogens (primary N) is 1. The molecule has 2 N–H and O–H groups in total. The van der Waals surface area contributed by atoms with Crippen LogP contribution in [0.2, 0.25) is 18.1 Å². The van der Waals surface area contributed by atoms with Gasteiger partial charge in [0.2, 0.25) is 0 Å². The standard InChI is InChI=1S/C14H25NSi/c1-4-16(5-2,6-3)14-9-7-13(8-10-14)11-12-15/h7-10H,4-6,11-12,15H2,1-3H3. The van der Waals surface area contributed by atoms with Crippen molar-refractivity contribution in [2.24, 2.45) is 5.73 Å². The van der Waals surface area contributed by atoms with E-state index in [9.17, 15) is 0 Å². The Morgan fingerprint density at radius 2 is 1.44 bits per heavy atom. The Bertz CT molecular complexity index is 293. The van der Waals surface area contributed by atoms with E-state index in [2.05, 4.69) is 45.0 Å². The van der Waals surface area contributed by atoms with Crippen molar-refractivity contribution >= 4 is 13.3 Å². The number of rotatable bonds is 6. The first-order chi connectivity index (χ1) is 7.72. The first-order valence-electron chi connectivity index (χ1n) is 6.52. The molecule has 0 radical (unpaired) electrons. The van der Waals surface area contributed by atoms with E-state index in [1.165, 1.54) is 23.7 Å². The van der Waals surface area contributed by atoms with Crippen molar-refractivity contribution in [3.63, 3.8) is 0 Å². The van der Waals surface area contributed by atoms with Gasteiger partial charge >= 0.3 is 0 Å². The van der Waals surface area contributed by atoms with E-state index in [0.29, 0.717) is 0 Å². The summed E-state index contributed by atoms with van der Waals surface area (Å²) in [5.41, 5.74) is 6.94. The van der Waals surface area contributed by atoms with Gasteiger partial charge in [0, 0.05) is 0 Å². The average molecular weight is 235 g/mol. The van der Waals surface area contributed by atoms with Gasteiger partial charge in [-0.25, -0.2) is 0 Å². The third kappa shape index (κ3) is 2.74. The zero-order valence-corrected chi connectivity index (χ0v) is 11.9. The van der Waals surface area contributed by atoms with E-state index in [-0.39, 0.29) is 0 Å². The van der Waals surface area contributed by atoms with Crippen LogP contribution in [0.15, 0.2) is 24.3 Å². The molecule has 0 unspecified atom stereocenters. The van der Waals surface area contributed by atoms with Gasteiger partial charge in [0.1, 0.15) is 0 Å². The molecule has 1 rings (SSSR count). The molecule has 0 amide bonds. The lowest BCUT2D eigenvalue weighted by Crippen LogP contribution is -2.45. The highest BCUT2D eigenvalue weighted by molar-refractivity contribution is 6.91. The van der Waals surface area contributed by atoms with Crippen molar-refractivity contribution in [2.45, 2.75) is 45.3 Å². The van der Waals surface area contributed by atoms with Gasteiger partial charge in [-0.1, -0.05) is 68.4 Å². The summed E-state index contributed by atoms with van der Waals surface area (Å²) in [5, 5.41) is 1.63. The highest BCUT2D eigenvalue weighted by atomic mass is 28.3. The van der Waals surface area contributed by atoms with E-state index in [1.54, 1.807) is 5.19 Å². The van der Waals surface area contributed by atoms with Crippen LogP contribution >= 0.6 is 0 Å². The minimum atomic E-state index is -1.17. The minimum Gasteiger partial charge on any atom is -0.330 e. The minimum absolute atomic E-state index is 0.747. The van der Waals surface area contributed by atoms with Crippen molar-refractivity contribution in [1.29, 1.82) is 0 Å². The highest BCUT2D eigenvalue weighted by Gasteiger charge is 2.28. The number of hydrogen-bond donors (Lipinski definition) is 1. The van der Waals surface area contributed by atoms with Gasteiger partial charge in [0.15, 0.2) is 0 Å². The Kier molecular flexibility index (Phi) is 5.23. The molecule has 1 nitrogen and oxygen atoms in total. The third-order valence-electron chi connectivity index (χ3n) is 4.03. The summed E-state index contributed by atoms with van der Waals surface area (Å²) in [6.45, 7) is 7.81. The summed E-state index contributed by atoms with van der Waals surface area (Å²) in [6.07, 6.45) is 0.999. The normalized spacial score (nSPS) is 11.8. The zero-order chi connectivity index (χ0) is 12.0. The molecule has 0 atom stereocenters. The summed E-state index contributed by atoms with van der Waals surface area (Å²) < 4.78 is 0. The molecule has 0 aliphatic rings. The van der Waals surface area contributed by atoms with Crippen LogP contribution in [0.25, 0.3) is 0 Å². The molecular weight excluding hydrogens is 210 g/mol. The maximum absolute atomic E-state index is 5.57. The maximum atomic E-state index is 5.57. The first kappa shape index (κ1) is 13.5. The molecule has 0 spiro atoms. The second-order valence-electron chi connectivity index (χ2n) is 4.58.